The van der Waals surface area contributed by atoms with Crippen LogP contribution >= 0.6 is 0 Å². The monoisotopic (exact) mass is 217 g/mol. The highest BCUT2D eigenvalue weighted by atomic mass is 16.1. The average molecular weight is 217 g/mol. The summed E-state index contributed by atoms with van der Waals surface area (Å²) in [5.41, 5.74) is 2.60. The van der Waals surface area contributed by atoms with Gasteiger partial charge in [0.25, 0.3) is 0 Å². The molecule has 1 fully saturated rings. The summed E-state index contributed by atoms with van der Waals surface area (Å²) in [4.78, 5) is 11.4. The lowest BCUT2D eigenvalue weighted by atomic mass is 10.0. The maximum Gasteiger partial charge on any atom is 0.220 e. The maximum absolute atomic E-state index is 11.4. The van der Waals surface area contributed by atoms with E-state index in [1.807, 2.05) is 0 Å². The maximum atomic E-state index is 11.4. The third kappa shape index (κ3) is 3.09. The molecule has 1 amide bonds. The van der Waals surface area contributed by atoms with E-state index in [9.17, 15) is 4.79 Å². The van der Waals surface area contributed by atoms with Crippen molar-refractivity contribution in [2.45, 2.75) is 45.1 Å². The Morgan fingerprint density at radius 2 is 2.00 bits per heavy atom. The van der Waals surface area contributed by atoms with Crippen LogP contribution in [0.1, 0.15) is 36.8 Å². The molecule has 1 aliphatic rings. The van der Waals surface area contributed by atoms with Crippen LogP contribution in [-0.4, -0.2) is 11.9 Å². The number of nitrogens with one attached hydrogen (secondary N) is 1. The highest BCUT2D eigenvalue weighted by Crippen LogP contribution is 2.14. The van der Waals surface area contributed by atoms with E-state index in [2.05, 4.69) is 36.5 Å². The van der Waals surface area contributed by atoms with E-state index in [0.29, 0.717) is 12.5 Å². The van der Waals surface area contributed by atoms with E-state index in [1.165, 1.54) is 11.1 Å². The smallest absolute Gasteiger partial charge is 0.220 e. The molecule has 1 unspecified atom stereocenters. The number of carbonyl (C=O) groups is 1. The van der Waals surface area contributed by atoms with Gasteiger partial charge >= 0.3 is 0 Å². The fraction of sp³-hybridized carbons (Fsp3) is 0.500. The van der Waals surface area contributed by atoms with E-state index >= 15 is 0 Å². The molecule has 1 aromatic rings. The third-order valence-electron chi connectivity index (χ3n) is 3.17. The van der Waals surface area contributed by atoms with Crippen LogP contribution in [-0.2, 0) is 11.2 Å². The van der Waals surface area contributed by atoms with Crippen LogP contribution in [0.4, 0.5) is 0 Å². The van der Waals surface area contributed by atoms with Crippen molar-refractivity contribution in [1.82, 2.24) is 5.32 Å². The molecule has 0 aliphatic carbocycles. The Morgan fingerprint density at radius 1 is 1.25 bits per heavy atom. The van der Waals surface area contributed by atoms with Crippen molar-refractivity contribution < 1.29 is 4.79 Å². The summed E-state index contributed by atoms with van der Waals surface area (Å²) in [6, 6.07) is 8.92. The molecule has 1 N–H and O–H groups in total. The number of amides is 1. The molecule has 0 radical (unpaired) electrons. The van der Waals surface area contributed by atoms with Crippen molar-refractivity contribution in [3.63, 3.8) is 0 Å². The highest BCUT2D eigenvalue weighted by molar-refractivity contribution is 5.76. The Bertz CT molecular complexity index is 356. The van der Waals surface area contributed by atoms with Crippen molar-refractivity contribution in [3.8, 4) is 0 Å². The van der Waals surface area contributed by atoms with Crippen LogP contribution in [0.2, 0.25) is 0 Å². The van der Waals surface area contributed by atoms with Gasteiger partial charge in [-0.2, -0.15) is 0 Å². The fourth-order valence-electron chi connectivity index (χ4n) is 2.21. The van der Waals surface area contributed by atoms with E-state index in [-0.39, 0.29) is 5.91 Å². The molecular formula is C14H19NO. The van der Waals surface area contributed by atoms with E-state index in [1.54, 1.807) is 0 Å². The van der Waals surface area contributed by atoms with Gasteiger partial charge in [0.15, 0.2) is 0 Å². The second-order valence-corrected chi connectivity index (χ2v) is 4.70. The minimum atomic E-state index is 0.217. The van der Waals surface area contributed by atoms with Crippen LogP contribution in [0.25, 0.3) is 0 Å². The molecule has 0 bridgehead atoms. The van der Waals surface area contributed by atoms with Crippen molar-refractivity contribution in [1.29, 1.82) is 0 Å². The average Bonchev–Trinajstić information content (AvgIpc) is 2.46. The molecule has 2 rings (SSSR count). The van der Waals surface area contributed by atoms with Crippen molar-refractivity contribution in [3.05, 3.63) is 35.4 Å². The van der Waals surface area contributed by atoms with Gasteiger partial charge < -0.3 is 5.32 Å². The van der Waals surface area contributed by atoms with Crippen LogP contribution < -0.4 is 5.32 Å². The number of aryl methyl sites for hydroxylation is 1. The van der Waals surface area contributed by atoms with Gasteiger partial charge in [-0.3, -0.25) is 4.79 Å². The van der Waals surface area contributed by atoms with Gasteiger partial charge in [-0.25, -0.2) is 0 Å². The molecule has 1 atom stereocenters. The Morgan fingerprint density at radius 3 is 2.75 bits per heavy atom. The molecule has 2 nitrogen and oxygen atoms in total. The lowest BCUT2D eigenvalue weighted by molar-refractivity contribution is -0.121. The van der Waals surface area contributed by atoms with Gasteiger partial charge in [0.05, 0.1) is 0 Å². The second-order valence-electron chi connectivity index (χ2n) is 4.70. The molecular weight excluding hydrogens is 198 g/mol. The molecule has 1 saturated heterocycles. The summed E-state index contributed by atoms with van der Waals surface area (Å²) >= 11 is 0. The predicted octanol–water partition coefficient (Wildman–Crippen LogP) is 2.60. The largest absolute Gasteiger partial charge is 0.353 e. The number of hydrogen-bond acceptors (Lipinski definition) is 1. The highest BCUT2D eigenvalue weighted by Gasteiger charge is 2.16. The number of carbonyl (C=O) groups excluding carboxylic acids is 1. The van der Waals surface area contributed by atoms with Gasteiger partial charge in [-0.1, -0.05) is 36.2 Å². The third-order valence-corrected chi connectivity index (χ3v) is 3.17. The standard InChI is InChI=1S/C14H19NO/c1-11-6-8-12(9-7-11)10-13-4-2-3-5-14(16)15-13/h6-9,13H,2-5,10H2,1H3,(H,15,16). The summed E-state index contributed by atoms with van der Waals surface area (Å²) in [5.74, 6) is 0.217. The Hall–Kier alpha value is -1.31. The second kappa shape index (κ2) is 5.15. The fourth-order valence-corrected chi connectivity index (χ4v) is 2.21. The van der Waals surface area contributed by atoms with E-state index in [0.717, 1.165) is 25.7 Å². The Labute approximate surface area is 97.1 Å². The van der Waals surface area contributed by atoms with Crippen LogP contribution in [0.5, 0.6) is 0 Å². The molecule has 0 saturated carbocycles. The van der Waals surface area contributed by atoms with E-state index in [4.69, 9.17) is 0 Å². The SMILES string of the molecule is Cc1ccc(CC2CCCCC(=O)N2)cc1. The van der Waals surface area contributed by atoms with Gasteiger partial charge in [-0.15, -0.1) is 0 Å². The number of rotatable bonds is 2. The zero-order valence-corrected chi connectivity index (χ0v) is 9.83. The van der Waals surface area contributed by atoms with Crippen molar-refractivity contribution in [2.75, 3.05) is 0 Å². The topological polar surface area (TPSA) is 29.1 Å². The molecule has 1 heterocycles. The number of benzene rings is 1. The number of hydrogen-bond donors (Lipinski definition) is 1. The van der Waals surface area contributed by atoms with Gasteiger partial charge in [0.2, 0.25) is 5.91 Å². The first-order valence-electron chi connectivity index (χ1n) is 6.09. The summed E-state index contributed by atoms with van der Waals surface area (Å²) in [6.07, 6.45) is 4.97. The first-order chi connectivity index (χ1) is 7.74. The Balaban J connectivity index is 1.97. The molecule has 1 aliphatic heterocycles. The van der Waals surface area contributed by atoms with Crippen LogP contribution in [0.15, 0.2) is 24.3 Å². The summed E-state index contributed by atoms with van der Waals surface area (Å²) < 4.78 is 0. The lowest BCUT2D eigenvalue weighted by Gasteiger charge is -2.15. The normalized spacial score (nSPS) is 21.3. The molecule has 86 valence electrons. The Kier molecular flexibility index (Phi) is 3.60. The summed E-state index contributed by atoms with van der Waals surface area (Å²) in [5, 5.41) is 3.10. The first kappa shape index (κ1) is 11.2. The zero-order chi connectivity index (χ0) is 11.4. The van der Waals surface area contributed by atoms with Crippen LogP contribution in [0, 0.1) is 6.92 Å². The summed E-state index contributed by atoms with van der Waals surface area (Å²) in [7, 11) is 0. The van der Waals surface area contributed by atoms with Crippen molar-refractivity contribution in [2.24, 2.45) is 0 Å². The molecule has 2 heteroatoms. The quantitative estimate of drug-likeness (QED) is 0.810. The van der Waals surface area contributed by atoms with E-state index < -0.39 is 0 Å². The first-order valence-corrected chi connectivity index (χ1v) is 6.09. The van der Waals surface area contributed by atoms with Crippen molar-refractivity contribution >= 4 is 5.91 Å². The summed E-state index contributed by atoms with van der Waals surface area (Å²) in [6.45, 7) is 2.09. The molecule has 0 aromatic heterocycles. The minimum absolute atomic E-state index is 0.217. The van der Waals surface area contributed by atoms with Gasteiger partial charge in [-0.05, 0) is 31.7 Å². The van der Waals surface area contributed by atoms with Gasteiger partial charge in [0.1, 0.15) is 0 Å². The zero-order valence-electron chi connectivity index (χ0n) is 9.83. The molecule has 0 spiro atoms. The lowest BCUT2D eigenvalue weighted by Crippen LogP contribution is -2.34. The molecule has 1 aromatic carbocycles. The molecule has 16 heavy (non-hydrogen) atoms. The predicted molar refractivity (Wildman–Crippen MR) is 65.3 cm³/mol. The van der Waals surface area contributed by atoms with Gasteiger partial charge in [0, 0.05) is 12.5 Å². The van der Waals surface area contributed by atoms with Crippen LogP contribution in [0.3, 0.4) is 0 Å². The minimum Gasteiger partial charge on any atom is -0.353 e.